The van der Waals surface area contributed by atoms with Gasteiger partial charge in [0, 0.05) is 54.0 Å². The third-order valence-electron chi connectivity index (χ3n) is 9.30. The van der Waals surface area contributed by atoms with E-state index in [1.54, 1.807) is 0 Å². The summed E-state index contributed by atoms with van der Waals surface area (Å²) in [6.07, 6.45) is 0. The Hall–Kier alpha value is -5.64. The second-order valence-electron chi connectivity index (χ2n) is 11.7. The van der Waals surface area contributed by atoms with Crippen LogP contribution in [-0.2, 0) is 0 Å². The highest BCUT2D eigenvalue weighted by atomic mass is 32.1. The molecule has 0 aliphatic carbocycles. The van der Waals surface area contributed by atoms with Gasteiger partial charge in [-0.1, -0.05) is 115 Å². The molecule has 7 aromatic carbocycles. The van der Waals surface area contributed by atoms with E-state index in [2.05, 4.69) is 167 Å². The highest BCUT2D eigenvalue weighted by Crippen LogP contribution is 2.44. The van der Waals surface area contributed by atoms with Crippen molar-refractivity contribution >= 4 is 75.1 Å². The van der Waals surface area contributed by atoms with Gasteiger partial charge in [0.2, 0.25) is 0 Å². The second-order valence-corrected chi connectivity index (χ2v) is 12.8. The largest absolute Gasteiger partial charge is 0.309 e. The van der Waals surface area contributed by atoms with E-state index in [4.69, 9.17) is 0 Å². The number of hydrogen-bond acceptors (Lipinski definition) is 1. The molecular weight excluding hydrogens is 565 g/mol. The van der Waals surface area contributed by atoms with Crippen LogP contribution in [0.4, 0.5) is 0 Å². The van der Waals surface area contributed by atoms with Crippen molar-refractivity contribution in [3.05, 3.63) is 158 Å². The number of benzene rings is 7. The van der Waals surface area contributed by atoms with Crippen molar-refractivity contribution in [3.63, 3.8) is 0 Å². The van der Waals surface area contributed by atoms with Gasteiger partial charge in [-0.25, -0.2) is 0 Å². The van der Waals surface area contributed by atoms with Crippen LogP contribution >= 0.6 is 11.3 Å². The Morgan fingerprint density at radius 2 is 0.956 bits per heavy atom. The molecule has 0 fully saturated rings. The van der Waals surface area contributed by atoms with Gasteiger partial charge >= 0.3 is 0 Å². The molecule has 0 saturated carbocycles. The maximum absolute atomic E-state index is 2.48. The van der Waals surface area contributed by atoms with Gasteiger partial charge in [0.15, 0.2) is 0 Å². The van der Waals surface area contributed by atoms with Gasteiger partial charge in [-0.2, -0.15) is 0 Å². The van der Waals surface area contributed by atoms with Gasteiger partial charge in [0.05, 0.1) is 26.8 Å². The predicted molar refractivity (Wildman–Crippen MR) is 193 cm³/mol. The van der Waals surface area contributed by atoms with Crippen molar-refractivity contribution < 1.29 is 0 Å². The van der Waals surface area contributed by atoms with E-state index in [1.165, 1.54) is 86.3 Å². The summed E-state index contributed by atoms with van der Waals surface area (Å²) in [6.45, 7) is 0. The molecule has 2 nitrogen and oxygen atoms in total. The minimum atomic E-state index is 1.17. The molecule has 0 atom stereocenters. The minimum Gasteiger partial charge on any atom is -0.309 e. The maximum Gasteiger partial charge on any atom is 0.0719 e. The first-order chi connectivity index (χ1) is 22.3. The van der Waals surface area contributed by atoms with Crippen LogP contribution in [0, 0.1) is 0 Å². The number of hydrogen-bond donors (Lipinski definition) is 0. The van der Waals surface area contributed by atoms with Crippen molar-refractivity contribution in [2.45, 2.75) is 0 Å². The Balaban J connectivity index is 1.29. The molecule has 0 unspecified atom stereocenters. The van der Waals surface area contributed by atoms with Crippen molar-refractivity contribution in [3.8, 4) is 22.5 Å². The Morgan fingerprint density at radius 3 is 1.76 bits per heavy atom. The lowest BCUT2D eigenvalue weighted by Gasteiger charge is -2.14. The minimum absolute atomic E-state index is 1.17. The molecular formula is C42H26N2S. The molecule has 10 rings (SSSR count). The molecule has 45 heavy (non-hydrogen) atoms. The third-order valence-corrected chi connectivity index (χ3v) is 10.5. The van der Waals surface area contributed by atoms with Gasteiger partial charge < -0.3 is 9.13 Å². The van der Waals surface area contributed by atoms with Crippen LogP contribution in [0.5, 0.6) is 0 Å². The van der Waals surface area contributed by atoms with Crippen molar-refractivity contribution in [1.29, 1.82) is 0 Å². The third kappa shape index (κ3) is 3.50. The number of fused-ring (bicyclic) bond motifs is 10. The first kappa shape index (κ1) is 24.8. The Kier molecular flexibility index (Phi) is 5.19. The first-order valence-corrected chi connectivity index (χ1v) is 16.2. The van der Waals surface area contributed by atoms with Crippen LogP contribution in [0.15, 0.2) is 158 Å². The van der Waals surface area contributed by atoms with Gasteiger partial charge in [-0.05, 0) is 48.0 Å². The predicted octanol–water partition coefficient (Wildman–Crippen LogP) is 11.9. The van der Waals surface area contributed by atoms with Gasteiger partial charge in [0.25, 0.3) is 0 Å². The van der Waals surface area contributed by atoms with E-state index >= 15 is 0 Å². The second kappa shape index (κ2) is 9.43. The normalized spacial score (nSPS) is 12.0. The lowest BCUT2D eigenvalue weighted by Crippen LogP contribution is -1.97. The van der Waals surface area contributed by atoms with E-state index in [-0.39, 0.29) is 0 Å². The summed E-state index contributed by atoms with van der Waals surface area (Å²) >= 11 is 1.90. The zero-order valence-corrected chi connectivity index (χ0v) is 25.1. The maximum atomic E-state index is 2.48. The van der Waals surface area contributed by atoms with Crippen LogP contribution < -0.4 is 0 Å². The van der Waals surface area contributed by atoms with E-state index in [0.29, 0.717) is 0 Å². The summed E-state index contributed by atoms with van der Waals surface area (Å²) < 4.78 is 7.57. The van der Waals surface area contributed by atoms with Crippen molar-refractivity contribution in [1.82, 2.24) is 9.13 Å². The van der Waals surface area contributed by atoms with Crippen molar-refractivity contribution in [2.75, 3.05) is 0 Å². The summed E-state index contributed by atoms with van der Waals surface area (Å²) in [4.78, 5) is 0. The van der Waals surface area contributed by atoms with Crippen LogP contribution in [-0.4, -0.2) is 9.13 Å². The molecule has 3 heteroatoms. The molecule has 0 bridgehead atoms. The summed E-state index contributed by atoms with van der Waals surface area (Å²) in [5, 5.41) is 7.75. The Morgan fingerprint density at radius 1 is 0.378 bits per heavy atom. The summed E-state index contributed by atoms with van der Waals surface area (Å²) in [6, 6.07) is 57.6. The zero-order valence-electron chi connectivity index (χ0n) is 24.3. The molecule has 0 N–H and O–H groups in total. The number of nitrogens with zero attached hydrogens (tertiary/aromatic N) is 2. The summed E-state index contributed by atoms with van der Waals surface area (Å²) in [5.74, 6) is 0. The Bertz CT molecular complexity index is 2760. The number of aromatic nitrogens is 2. The fourth-order valence-electron chi connectivity index (χ4n) is 7.41. The van der Waals surface area contributed by atoms with Crippen LogP contribution in [0.2, 0.25) is 0 Å². The lowest BCUT2D eigenvalue weighted by molar-refractivity contribution is 1.18. The van der Waals surface area contributed by atoms with Crippen LogP contribution in [0.25, 0.3) is 86.3 Å². The zero-order chi connectivity index (χ0) is 29.5. The quantitative estimate of drug-likeness (QED) is 0.194. The van der Waals surface area contributed by atoms with E-state index in [9.17, 15) is 0 Å². The van der Waals surface area contributed by atoms with Gasteiger partial charge in [-0.15, -0.1) is 11.3 Å². The molecule has 3 aromatic heterocycles. The molecule has 0 amide bonds. The average Bonchev–Trinajstić information content (AvgIpc) is 3.76. The molecule has 3 heterocycles. The highest BCUT2D eigenvalue weighted by molar-refractivity contribution is 7.26. The molecule has 10 aromatic rings. The average molecular weight is 591 g/mol. The van der Waals surface area contributed by atoms with Crippen molar-refractivity contribution in [2.24, 2.45) is 0 Å². The topological polar surface area (TPSA) is 9.86 Å². The van der Waals surface area contributed by atoms with E-state index < -0.39 is 0 Å². The smallest absolute Gasteiger partial charge is 0.0719 e. The number of thiophene rings is 1. The van der Waals surface area contributed by atoms with Crippen LogP contribution in [0.1, 0.15) is 0 Å². The molecule has 0 radical (unpaired) electrons. The monoisotopic (exact) mass is 590 g/mol. The summed E-state index contributed by atoms with van der Waals surface area (Å²) in [5.41, 5.74) is 9.72. The SMILES string of the molecule is c1ccc(-n2c3ccccc3c3cccc(-c4cccc(-n5c6ccccc6c6ccc7c8ccccc8sc7c65)c4)c32)cc1. The first-order valence-electron chi connectivity index (χ1n) is 15.4. The lowest BCUT2D eigenvalue weighted by atomic mass is 10.0. The standard InChI is InChI=1S/C42H26N2S/c1-2-13-28(14-3-1)43-37-21-7-4-16-31(37)34-20-11-19-30(40(34)43)27-12-10-15-29(26-27)44-38-22-8-5-17-32(38)35-24-25-36-33-18-6-9-23-39(33)45-42(36)41(35)44/h1-26H. The van der Waals surface area contributed by atoms with E-state index in [0.717, 1.165) is 0 Å². The number of para-hydroxylation sites is 4. The summed E-state index contributed by atoms with van der Waals surface area (Å²) in [7, 11) is 0. The fraction of sp³-hybridized carbons (Fsp3) is 0. The molecule has 0 saturated heterocycles. The molecule has 0 aliphatic heterocycles. The van der Waals surface area contributed by atoms with Crippen LogP contribution in [0.3, 0.4) is 0 Å². The molecule has 0 aliphatic rings. The van der Waals surface area contributed by atoms with Gasteiger partial charge in [0.1, 0.15) is 0 Å². The molecule has 0 spiro atoms. The number of rotatable bonds is 3. The molecule has 210 valence electrons. The fourth-order valence-corrected chi connectivity index (χ4v) is 8.65. The van der Waals surface area contributed by atoms with E-state index in [1.807, 2.05) is 11.3 Å². The highest BCUT2D eigenvalue weighted by Gasteiger charge is 2.19. The Labute approximate surface area is 263 Å². The van der Waals surface area contributed by atoms with Gasteiger partial charge in [-0.3, -0.25) is 0 Å².